The minimum Gasteiger partial charge on any atom is -0.368 e. The largest absolute Gasteiger partial charge is 0.368 e. The number of benzene rings is 1. The van der Waals surface area contributed by atoms with Gasteiger partial charge in [0.05, 0.1) is 6.42 Å². The lowest BCUT2D eigenvalue weighted by Crippen LogP contribution is -2.06. The van der Waals surface area contributed by atoms with Gasteiger partial charge in [0, 0.05) is 17.5 Å². The lowest BCUT2D eigenvalue weighted by atomic mass is 10.2. The van der Waals surface area contributed by atoms with Crippen molar-refractivity contribution in [2.24, 2.45) is 0 Å². The molecule has 0 aliphatic rings. The number of nitrogens with two attached hydrogens (primary N) is 1. The molecule has 1 aromatic carbocycles. The number of nitrogens with zero attached hydrogens (tertiary/aromatic N) is 4. The summed E-state index contributed by atoms with van der Waals surface area (Å²) in [5.41, 5.74) is 7.59. The smallest absolute Gasteiger partial charge is 0.223 e. The molecule has 3 aromatic rings. The van der Waals surface area contributed by atoms with Gasteiger partial charge in [-0.1, -0.05) is 36.4 Å². The summed E-state index contributed by atoms with van der Waals surface area (Å²) in [5, 5.41) is 0. The van der Waals surface area contributed by atoms with Crippen molar-refractivity contribution in [1.82, 2.24) is 19.9 Å². The van der Waals surface area contributed by atoms with E-state index in [1.165, 1.54) is 0 Å². The molecule has 0 unspecified atom stereocenters. The van der Waals surface area contributed by atoms with Crippen molar-refractivity contribution in [2.75, 3.05) is 5.73 Å². The van der Waals surface area contributed by atoms with Gasteiger partial charge in [0.1, 0.15) is 5.82 Å². The number of hydrogen-bond donors (Lipinski definition) is 1. The van der Waals surface area contributed by atoms with Crippen molar-refractivity contribution in [2.45, 2.75) is 6.42 Å². The Kier molecular flexibility index (Phi) is 3.33. The van der Waals surface area contributed by atoms with E-state index in [-0.39, 0.29) is 5.95 Å². The predicted molar refractivity (Wildman–Crippen MR) is 76.7 cm³/mol. The van der Waals surface area contributed by atoms with Gasteiger partial charge < -0.3 is 5.73 Å². The summed E-state index contributed by atoms with van der Waals surface area (Å²) in [5.74, 6) is 1.43. The first-order valence-electron chi connectivity index (χ1n) is 6.27. The molecule has 0 bridgehead atoms. The van der Waals surface area contributed by atoms with E-state index < -0.39 is 0 Å². The van der Waals surface area contributed by atoms with Gasteiger partial charge in [0.25, 0.3) is 0 Å². The Morgan fingerprint density at radius 1 is 0.850 bits per heavy atom. The minimum atomic E-state index is 0.227. The molecule has 98 valence electrons. The lowest BCUT2D eigenvalue weighted by molar-refractivity contribution is 0.912. The second kappa shape index (κ2) is 5.44. The highest BCUT2D eigenvalue weighted by molar-refractivity contribution is 5.55. The molecular formula is C15H13N5. The standard InChI is InChI=1S/C15H13N5/c16-15-19-13(10-12-8-4-5-9-17-12)18-14(20-15)11-6-2-1-3-7-11/h1-9H,10H2,(H2,16,18,19,20). The zero-order chi connectivity index (χ0) is 13.8. The Morgan fingerprint density at radius 3 is 2.40 bits per heavy atom. The fraction of sp³-hybridized carbons (Fsp3) is 0.0667. The monoisotopic (exact) mass is 263 g/mol. The molecule has 5 nitrogen and oxygen atoms in total. The Morgan fingerprint density at radius 2 is 1.65 bits per heavy atom. The Labute approximate surface area is 116 Å². The van der Waals surface area contributed by atoms with Crippen LogP contribution in [0.1, 0.15) is 11.5 Å². The maximum Gasteiger partial charge on any atom is 0.223 e. The van der Waals surface area contributed by atoms with Gasteiger partial charge in [-0.25, -0.2) is 4.98 Å². The first-order chi connectivity index (χ1) is 9.81. The summed E-state index contributed by atoms with van der Waals surface area (Å²) < 4.78 is 0. The molecule has 0 atom stereocenters. The maximum atomic E-state index is 5.77. The highest BCUT2D eigenvalue weighted by Gasteiger charge is 2.07. The van der Waals surface area contributed by atoms with Gasteiger partial charge >= 0.3 is 0 Å². The molecule has 20 heavy (non-hydrogen) atoms. The van der Waals surface area contributed by atoms with Crippen molar-refractivity contribution in [3.63, 3.8) is 0 Å². The summed E-state index contributed by atoms with van der Waals surface area (Å²) in [6.45, 7) is 0. The highest BCUT2D eigenvalue weighted by atomic mass is 15.1. The molecule has 0 saturated heterocycles. The van der Waals surface area contributed by atoms with Crippen LogP contribution in [0.2, 0.25) is 0 Å². The zero-order valence-electron chi connectivity index (χ0n) is 10.8. The Bertz CT molecular complexity index is 698. The van der Waals surface area contributed by atoms with E-state index in [0.717, 1.165) is 11.3 Å². The maximum absolute atomic E-state index is 5.77. The topological polar surface area (TPSA) is 77.6 Å². The molecule has 3 rings (SSSR count). The molecular weight excluding hydrogens is 250 g/mol. The Hall–Kier alpha value is -2.82. The van der Waals surface area contributed by atoms with Gasteiger partial charge in [0.15, 0.2) is 5.82 Å². The number of pyridine rings is 1. The summed E-state index contributed by atoms with van der Waals surface area (Å²) >= 11 is 0. The molecule has 2 N–H and O–H groups in total. The number of nitrogen functional groups attached to an aromatic ring is 1. The van der Waals surface area contributed by atoms with Crippen LogP contribution in [0.4, 0.5) is 5.95 Å². The normalized spacial score (nSPS) is 10.4. The average molecular weight is 263 g/mol. The third-order valence-electron chi connectivity index (χ3n) is 2.80. The van der Waals surface area contributed by atoms with E-state index in [2.05, 4.69) is 19.9 Å². The molecule has 0 aliphatic carbocycles. The summed E-state index contributed by atoms with van der Waals surface area (Å²) in [7, 11) is 0. The van der Waals surface area contributed by atoms with Crippen LogP contribution in [0, 0.1) is 0 Å². The van der Waals surface area contributed by atoms with Gasteiger partial charge in [-0.3, -0.25) is 4.98 Å². The predicted octanol–water partition coefficient (Wildman–Crippen LogP) is 2.11. The van der Waals surface area contributed by atoms with Crippen molar-refractivity contribution < 1.29 is 0 Å². The van der Waals surface area contributed by atoms with Crippen molar-refractivity contribution in [3.05, 3.63) is 66.2 Å². The minimum absolute atomic E-state index is 0.227. The molecule has 0 radical (unpaired) electrons. The van der Waals surface area contributed by atoms with Crippen LogP contribution in [0.25, 0.3) is 11.4 Å². The second-order valence-electron chi connectivity index (χ2n) is 4.30. The lowest BCUT2D eigenvalue weighted by Gasteiger charge is -2.04. The molecule has 2 heterocycles. The van der Waals surface area contributed by atoms with Crippen LogP contribution in [0.3, 0.4) is 0 Å². The van der Waals surface area contributed by atoms with Gasteiger partial charge in [-0.2, -0.15) is 9.97 Å². The number of aromatic nitrogens is 4. The zero-order valence-corrected chi connectivity index (χ0v) is 10.8. The number of hydrogen-bond acceptors (Lipinski definition) is 5. The Balaban J connectivity index is 1.95. The quantitative estimate of drug-likeness (QED) is 0.783. The van der Waals surface area contributed by atoms with E-state index in [1.54, 1.807) is 6.20 Å². The molecule has 0 saturated carbocycles. The summed E-state index contributed by atoms with van der Waals surface area (Å²) in [4.78, 5) is 17.1. The van der Waals surface area contributed by atoms with Crippen LogP contribution < -0.4 is 5.73 Å². The summed E-state index contributed by atoms with van der Waals surface area (Å²) in [6, 6.07) is 15.5. The van der Waals surface area contributed by atoms with E-state index in [9.17, 15) is 0 Å². The molecule has 0 fully saturated rings. The molecule has 2 aromatic heterocycles. The van der Waals surface area contributed by atoms with Crippen molar-refractivity contribution >= 4 is 5.95 Å². The van der Waals surface area contributed by atoms with E-state index in [1.807, 2.05) is 48.5 Å². The van der Waals surface area contributed by atoms with Crippen molar-refractivity contribution in [1.29, 1.82) is 0 Å². The van der Waals surface area contributed by atoms with E-state index >= 15 is 0 Å². The van der Waals surface area contributed by atoms with Gasteiger partial charge in [-0.15, -0.1) is 0 Å². The number of anilines is 1. The molecule has 0 amide bonds. The van der Waals surface area contributed by atoms with Crippen LogP contribution in [-0.4, -0.2) is 19.9 Å². The SMILES string of the molecule is Nc1nc(Cc2ccccn2)nc(-c2ccccc2)n1. The van der Waals surface area contributed by atoms with E-state index in [0.29, 0.717) is 18.1 Å². The van der Waals surface area contributed by atoms with Gasteiger partial charge in [0.2, 0.25) is 5.95 Å². The fourth-order valence-electron chi connectivity index (χ4n) is 1.90. The van der Waals surface area contributed by atoms with E-state index in [4.69, 9.17) is 5.73 Å². The first-order valence-corrected chi connectivity index (χ1v) is 6.27. The molecule has 0 aliphatic heterocycles. The van der Waals surface area contributed by atoms with Gasteiger partial charge in [-0.05, 0) is 12.1 Å². The summed E-state index contributed by atoms with van der Waals surface area (Å²) in [6.07, 6.45) is 2.28. The fourth-order valence-corrected chi connectivity index (χ4v) is 1.90. The molecule has 0 spiro atoms. The third kappa shape index (κ3) is 2.77. The average Bonchev–Trinajstić information content (AvgIpc) is 2.49. The van der Waals surface area contributed by atoms with Crippen LogP contribution in [-0.2, 0) is 6.42 Å². The highest BCUT2D eigenvalue weighted by Crippen LogP contribution is 2.15. The van der Waals surface area contributed by atoms with Crippen LogP contribution in [0.5, 0.6) is 0 Å². The number of rotatable bonds is 3. The third-order valence-corrected chi connectivity index (χ3v) is 2.80. The molecule has 5 heteroatoms. The van der Waals surface area contributed by atoms with Crippen LogP contribution >= 0.6 is 0 Å². The van der Waals surface area contributed by atoms with Crippen molar-refractivity contribution in [3.8, 4) is 11.4 Å². The van der Waals surface area contributed by atoms with Crippen LogP contribution in [0.15, 0.2) is 54.7 Å². The first kappa shape index (κ1) is 12.2. The second-order valence-corrected chi connectivity index (χ2v) is 4.30.